The highest BCUT2D eigenvalue weighted by atomic mass is 16.3. The van der Waals surface area contributed by atoms with Gasteiger partial charge in [-0.15, -0.1) is 0 Å². The van der Waals surface area contributed by atoms with Crippen LogP contribution in [0.3, 0.4) is 0 Å². The summed E-state index contributed by atoms with van der Waals surface area (Å²) in [6, 6.07) is 9.34. The van der Waals surface area contributed by atoms with E-state index < -0.39 is 0 Å². The van der Waals surface area contributed by atoms with Crippen LogP contribution >= 0.6 is 0 Å². The molecule has 116 valence electrons. The lowest BCUT2D eigenvalue weighted by Crippen LogP contribution is -2.43. The number of nitrogens with one attached hydrogen (secondary N) is 1. The van der Waals surface area contributed by atoms with Crippen molar-refractivity contribution in [3.63, 3.8) is 0 Å². The minimum Gasteiger partial charge on any atom is -0.392 e. The highest BCUT2D eigenvalue weighted by Gasteiger charge is 2.21. The van der Waals surface area contributed by atoms with Gasteiger partial charge in [-0.3, -0.25) is 4.79 Å². The molecule has 1 heterocycles. The van der Waals surface area contributed by atoms with Gasteiger partial charge in [0.25, 0.3) is 5.91 Å². The normalized spacial score (nSPS) is 21.0. The van der Waals surface area contributed by atoms with Crippen LogP contribution in [-0.2, 0) is 0 Å². The zero-order valence-electron chi connectivity index (χ0n) is 12.8. The van der Waals surface area contributed by atoms with Crippen LogP contribution in [-0.4, -0.2) is 48.2 Å². The van der Waals surface area contributed by atoms with Crippen LogP contribution in [0.15, 0.2) is 30.3 Å². The Bertz CT molecular complexity index is 436. The molecule has 2 N–H and O–H groups in total. The van der Waals surface area contributed by atoms with Crippen LogP contribution in [0.1, 0.15) is 36.5 Å². The molecule has 0 radical (unpaired) electrons. The van der Waals surface area contributed by atoms with Gasteiger partial charge >= 0.3 is 0 Å². The highest BCUT2D eigenvalue weighted by Crippen LogP contribution is 2.16. The number of β-amino-alcohol motifs (C(OH)–C–C–N with tert-alkyl or cyclic N) is 1. The number of benzene rings is 1. The Morgan fingerprint density at radius 2 is 2.19 bits per heavy atom. The number of hydrogen-bond donors (Lipinski definition) is 2. The molecule has 4 nitrogen and oxygen atoms in total. The highest BCUT2D eigenvalue weighted by molar-refractivity contribution is 5.94. The minimum atomic E-state index is -0.234. The van der Waals surface area contributed by atoms with Gasteiger partial charge in [0.1, 0.15) is 0 Å². The summed E-state index contributed by atoms with van der Waals surface area (Å²) in [6.07, 6.45) is 2.85. The minimum absolute atomic E-state index is 0.00122. The number of hydrogen-bond acceptors (Lipinski definition) is 3. The van der Waals surface area contributed by atoms with Gasteiger partial charge in [-0.05, 0) is 43.9 Å². The van der Waals surface area contributed by atoms with Crippen molar-refractivity contribution < 1.29 is 9.90 Å². The second kappa shape index (κ2) is 8.15. The third kappa shape index (κ3) is 5.14. The summed E-state index contributed by atoms with van der Waals surface area (Å²) in [5, 5.41) is 12.8. The molecule has 1 aliphatic heterocycles. The van der Waals surface area contributed by atoms with Gasteiger partial charge in [-0.2, -0.15) is 0 Å². The largest absolute Gasteiger partial charge is 0.392 e. The summed E-state index contributed by atoms with van der Waals surface area (Å²) in [7, 11) is 0. The first-order valence-electron chi connectivity index (χ1n) is 7.92. The number of rotatable bonds is 6. The molecule has 0 aliphatic carbocycles. The van der Waals surface area contributed by atoms with Crippen molar-refractivity contribution >= 4 is 5.91 Å². The fraction of sp³-hybridized carbons (Fsp3) is 0.588. The predicted octanol–water partition coefficient (Wildman–Crippen LogP) is 1.90. The van der Waals surface area contributed by atoms with Crippen LogP contribution in [0.4, 0.5) is 0 Å². The number of amides is 1. The van der Waals surface area contributed by atoms with Crippen LogP contribution < -0.4 is 5.32 Å². The first kappa shape index (κ1) is 16.0. The summed E-state index contributed by atoms with van der Waals surface area (Å²) >= 11 is 0. The van der Waals surface area contributed by atoms with E-state index in [1.54, 1.807) is 0 Å². The molecule has 1 amide bonds. The third-order valence-electron chi connectivity index (χ3n) is 4.13. The Kier molecular flexibility index (Phi) is 6.21. The van der Waals surface area contributed by atoms with Gasteiger partial charge < -0.3 is 15.3 Å². The lowest BCUT2D eigenvalue weighted by molar-refractivity contribution is 0.0786. The van der Waals surface area contributed by atoms with E-state index in [1.165, 1.54) is 0 Å². The Labute approximate surface area is 127 Å². The molecule has 21 heavy (non-hydrogen) atoms. The molecule has 0 spiro atoms. The third-order valence-corrected chi connectivity index (χ3v) is 4.13. The lowest BCUT2D eigenvalue weighted by Gasteiger charge is -2.33. The van der Waals surface area contributed by atoms with Crippen molar-refractivity contribution in [1.29, 1.82) is 0 Å². The summed E-state index contributed by atoms with van der Waals surface area (Å²) < 4.78 is 0. The van der Waals surface area contributed by atoms with Crippen LogP contribution in [0.25, 0.3) is 0 Å². The average molecular weight is 290 g/mol. The van der Waals surface area contributed by atoms with E-state index in [0.29, 0.717) is 18.0 Å². The number of carbonyl (C=O) groups is 1. The van der Waals surface area contributed by atoms with Gasteiger partial charge in [0.2, 0.25) is 0 Å². The lowest BCUT2D eigenvalue weighted by atomic mass is 9.97. The number of carbonyl (C=O) groups excluding carboxylic acids is 1. The number of piperidine rings is 1. The first-order chi connectivity index (χ1) is 10.2. The van der Waals surface area contributed by atoms with E-state index in [9.17, 15) is 9.90 Å². The van der Waals surface area contributed by atoms with E-state index in [4.69, 9.17) is 0 Å². The van der Waals surface area contributed by atoms with Crippen LogP contribution in [0.5, 0.6) is 0 Å². The smallest absolute Gasteiger partial charge is 0.251 e. The quantitative estimate of drug-likeness (QED) is 0.841. The molecule has 1 aromatic rings. The zero-order valence-corrected chi connectivity index (χ0v) is 12.8. The molecule has 2 unspecified atom stereocenters. The molecule has 2 atom stereocenters. The second-order valence-corrected chi connectivity index (χ2v) is 5.91. The van der Waals surface area contributed by atoms with E-state index in [-0.39, 0.29) is 12.0 Å². The topological polar surface area (TPSA) is 52.6 Å². The fourth-order valence-electron chi connectivity index (χ4n) is 2.84. The Morgan fingerprint density at radius 1 is 1.43 bits per heavy atom. The molecule has 0 aromatic heterocycles. The summed E-state index contributed by atoms with van der Waals surface area (Å²) in [4.78, 5) is 14.3. The number of likely N-dealkylation sites (tertiary alicyclic amines) is 1. The molecule has 1 aliphatic rings. The summed E-state index contributed by atoms with van der Waals surface area (Å²) in [5.74, 6) is 0.483. The van der Waals surface area contributed by atoms with E-state index in [2.05, 4.69) is 10.2 Å². The Morgan fingerprint density at radius 3 is 2.90 bits per heavy atom. The standard InChI is InChI=1S/C17H26N2O2/c1-2-16(20)13-19-10-6-7-14(12-19)11-18-17(21)15-8-4-3-5-9-15/h3-5,8-9,14,16,20H,2,6-7,10-13H2,1H3,(H,18,21). The van der Waals surface area contributed by atoms with Crippen molar-refractivity contribution in [3.05, 3.63) is 35.9 Å². The van der Waals surface area contributed by atoms with Crippen molar-refractivity contribution in [3.8, 4) is 0 Å². The molecule has 2 rings (SSSR count). The van der Waals surface area contributed by atoms with Gasteiger partial charge in [-0.25, -0.2) is 0 Å². The molecule has 1 fully saturated rings. The van der Waals surface area contributed by atoms with E-state index >= 15 is 0 Å². The Balaban J connectivity index is 1.76. The van der Waals surface area contributed by atoms with Crippen molar-refractivity contribution in [2.75, 3.05) is 26.2 Å². The molecule has 4 heteroatoms. The first-order valence-corrected chi connectivity index (χ1v) is 7.92. The fourth-order valence-corrected chi connectivity index (χ4v) is 2.84. The second-order valence-electron chi connectivity index (χ2n) is 5.91. The molecular weight excluding hydrogens is 264 g/mol. The average Bonchev–Trinajstić information content (AvgIpc) is 2.53. The summed E-state index contributed by atoms with van der Waals surface area (Å²) in [5.41, 5.74) is 0.714. The maximum absolute atomic E-state index is 12.0. The number of nitrogens with zero attached hydrogens (tertiary/aromatic N) is 1. The van der Waals surface area contributed by atoms with Crippen LogP contribution in [0, 0.1) is 5.92 Å². The maximum Gasteiger partial charge on any atom is 0.251 e. The monoisotopic (exact) mass is 290 g/mol. The SMILES string of the molecule is CCC(O)CN1CCCC(CNC(=O)c2ccccc2)C1. The zero-order chi connectivity index (χ0) is 15.1. The van der Waals surface area contributed by atoms with Gasteiger partial charge in [0, 0.05) is 25.2 Å². The molecule has 1 aromatic carbocycles. The predicted molar refractivity (Wildman–Crippen MR) is 84.2 cm³/mol. The molecule has 0 bridgehead atoms. The van der Waals surface area contributed by atoms with Gasteiger partial charge in [0.15, 0.2) is 0 Å². The molecule has 1 saturated heterocycles. The van der Waals surface area contributed by atoms with Gasteiger partial charge in [-0.1, -0.05) is 25.1 Å². The van der Waals surface area contributed by atoms with Crippen molar-refractivity contribution in [2.24, 2.45) is 5.92 Å². The van der Waals surface area contributed by atoms with Crippen molar-refractivity contribution in [1.82, 2.24) is 10.2 Å². The number of aliphatic hydroxyl groups is 1. The Hall–Kier alpha value is -1.39. The summed E-state index contributed by atoms with van der Waals surface area (Å²) in [6.45, 7) is 5.49. The van der Waals surface area contributed by atoms with E-state index in [0.717, 1.165) is 38.9 Å². The number of aliphatic hydroxyl groups excluding tert-OH is 1. The maximum atomic E-state index is 12.0. The van der Waals surface area contributed by atoms with E-state index in [1.807, 2.05) is 37.3 Å². The van der Waals surface area contributed by atoms with Crippen LogP contribution in [0.2, 0.25) is 0 Å². The molecule has 0 saturated carbocycles. The van der Waals surface area contributed by atoms with Gasteiger partial charge in [0.05, 0.1) is 6.10 Å². The molecular formula is C17H26N2O2. The van der Waals surface area contributed by atoms with Crippen molar-refractivity contribution in [2.45, 2.75) is 32.3 Å².